The quantitative estimate of drug-likeness (QED) is 0.536. The molecule has 0 aromatic heterocycles. The number of hydrogen-bond donors (Lipinski definition) is 0. The second-order valence-electron chi connectivity index (χ2n) is 9.02. The predicted molar refractivity (Wildman–Crippen MR) is 137 cm³/mol. The number of nitrogens with zero attached hydrogens (tertiary/aromatic N) is 2. The van der Waals surface area contributed by atoms with Crippen LogP contribution in [0.25, 0.3) is 0 Å². The lowest BCUT2D eigenvalue weighted by atomic mass is 10.1. The van der Waals surface area contributed by atoms with E-state index in [4.69, 9.17) is 4.74 Å². The number of para-hydroxylation sites is 1. The summed E-state index contributed by atoms with van der Waals surface area (Å²) in [5.74, 6) is 0.376. The zero-order chi connectivity index (χ0) is 24.8. The highest BCUT2D eigenvalue weighted by Crippen LogP contribution is 2.26. The lowest BCUT2D eigenvalue weighted by Gasteiger charge is -2.32. The van der Waals surface area contributed by atoms with Crippen LogP contribution in [0.4, 0.5) is 0 Å². The molecule has 1 heterocycles. The Hall–Kier alpha value is -3.16. The number of hydrogen-bond acceptors (Lipinski definition) is 4. The number of rotatable bonds is 4. The first-order valence-corrected chi connectivity index (χ1v) is 13.4. The second-order valence-corrected chi connectivity index (χ2v) is 10.9. The Morgan fingerprint density at radius 3 is 2.40 bits per heavy atom. The van der Waals surface area contributed by atoms with Gasteiger partial charge in [-0.05, 0) is 61.6 Å². The average Bonchev–Trinajstić information content (AvgIpc) is 2.86. The monoisotopic (exact) mass is 492 g/mol. The van der Waals surface area contributed by atoms with Gasteiger partial charge in [0.1, 0.15) is 12.4 Å². The van der Waals surface area contributed by atoms with Crippen LogP contribution in [0.3, 0.4) is 0 Å². The van der Waals surface area contributed by atoms with Gasteiger partial charge in [-0.3, -0.25) is 4.79 Å². The van der Waals surface area contributed by atoms with Gasteiger partial charge in [-0.1, -0.05) is 54.6 Å². The van der Waals surface area contributed by atoms with E-state index >= 15 is 0 Å². The minimum absolute atomic E-state index is 0.0926. The minimum Gasteiger partial charge on any atom is -0.491 e. The van der Waals surface area contributed by atoms with Crippen LogP contribution < -0.4 is 4.74 Å². The molecule has 1 atom stereocenters. The fourth-order valence-corrected chi connectivity index (χ4v) is 6.17. The number of carbonyl (C=O) groups excluding carboxylic acids is 1. The van der Waals surface area contributed by atoms with Crippen molar-refractivity contribution in [1.29, 1.82) is 0 Å². The highest BCUT2D eigenvalue weighted by atomic mass is 32.2. The third kappa shape index (κ3) is 5.92. The van der Waals surface area contributed by atoms with E-state index in [-0.39, 0.29) is 17.4 Å². The number of fused-ring (bicyclic) bond motifs is 1. The minimum atomic E-state index is -3.77. The standard InChI is InChI=1S/C28H32N2O4S/c1-22-11-10-14-25(19-22)35(32,33)30-18-9-8-17-29(2)28(31)26-15-6-7-16-27(26)34-21-24(30)20-23-12-4-3-5-13-23/h3-7,10-16,19,24H,8-9,17-18,20-21H2,1-2H3/t24-/m0/s1. The van der Waals surface area contributed by atoms with Crippen molar-refractivity contribution in [2.24, 2.45) is 0 Å². The number of aryl methyl sites for hydroxylation is 1. The Kier molecular flexibility index (Phi) is 7.88. The zero-order valence-corrected chi connectivity index (χ0v) is 21.1. The van der Waals surface area contributed by atoms with Crippen LogP contribution >= 0.6 is 0 Å². The molecule has 1 aliphatic rings. The molecule has 7 heteroatoms. The van der Waals surface area contributed by atoms with Crippen LogP contribution in [-0.2, 0) is 16.4 Å². The molecule has 4 rings (SSSR count). The first kappa shape index (κ1) is 24.9. The SMILES string of the molecule is Cc1cccc(S(=O)(=O)N2CCCCN(C)C(=O)c3ccccc3OC[C@@H]2Cc2ccccc2)c1. The van der Waals surface area contributed by atoms with E-state index in [2.05, 4.69) is 0 Å². The fraction of sp³-hybridized carbons (Fsp3) is 0.321. The largest absolute Gasteiger partial charge is 0.491 e. The fourth-order valence-electron chi connectivity index (χ4n) is 4.42. The van der Waals surface area contributed by atoms with Crippen molar-refractivity contribution in [3.8, 4) is 5.75 Å². The molecule has 0 unspecified atom stereocenters. The van der Waals surface area contributed by atoms with Gasteiger partial charge in [-0.2, -0.15) is 4.31 Å². The van der Waals surface area contributed by atoms with Gasteiger partial charge in [-0.15, -0.1) is 0 Å². The number of carbonyl (C=O) groups is 1. The smallest absolute Gasteiger partial charge is 0.257 e. The van der Waals surface area contributed by atoms with Crippen LogP contribution in [0.2, 0.25) is 0 Å². The third-order valence-electron chi connectivity index (χ3n) is 6.33. The predicted octanol–water partition coefficient (Wildman–Crippen LogP) is 4.54. The van der Waals surface area contributed by atoms with Crippen LogP contribution in [0.1, 0.15) is 34.3 Å². The molecule has 0 aliphatic carbocycles. The Bertz CT molecular complexity index is 1260. The summed E-state index contributed by atoms with van der Waals surface area (Å²) in [6.45, 7) is 2.91. The summed E-state index contributed by atoms with van der Waals surface area (Å²) in [5.41, 5.74) is 2.41. The maximum atomic E-state index is 13.9. The van der Waals surface area contributed by atoms with Crippen molar-refractivity contribution in [3.05, 3.63) is 95.6 Å². The van der Waals surface area contributed by atoms with E-state index in [1.165, 1.54) is 0 Å². The first-order valence-electron chi connectivity index (χ1n) is 12.0. The molecule has 0 spiro atoms. The van der Waals surface area contributed by atoms with E-state index in [9.17, 15) is 13.2 Å². The number of sulfonamides is 1. The molecule has 0 fully saturated rings. The van der Waals surface area contributed by atoms with Gasteiger partial charge >= 0.3 is 0 Å². The maximum absolute atomic E-state index is 13.9. The second kappa shape index (κ2) is 11.1. The summed E-state index contributed by atoms with van der Waals surface area (Å²) in [4.78, 5) is 15.0. The summed E-state index contributed by atoms with van der Waals surface area (Å²) in [6.07, 6.45) is 1.83. The lowest BCUT2D eigenvalue weighted by Crippen LogP contribution is -2.46. The van der Waals surface area contributed by atoms with Gasteiger partial charge in [-0.25, -0.2) is 8.42 Å². The lowest BCUT2D eigenvalue weighted by molar-refractivity contribution is 0.0781. The van der Waals surface area contributed by atoms with E-state index in [1.54, 1.807) is 46.6 Å². The highest BCUT2D eigenvalue weighted by Gasteiger charge is 2.33. The van der Waals surface area contributed by atoms with Crippen LogP contribution in [0, 0.1) is 6.92 Å². The van der Waals surface area contributed by atoms with Gasteiger partial charge in [0.15, 0.2) is 0 Å². The Balaban J connectivity index is 1.75. The van der Waals surface area contributed by atoms with Gasteiger partial charge in [0.25, 0.3) is 5.91 Å². The van der Waals surface area contributed by atoms with Crippen molar-refractivity contribution in [1.82, 2.24) is 9.21 Å². The molecular formula is C28H32N2O4S. The van der Waals surface area contributed by atoms with Crippen LogP contribution in [0.15, 0.2) is 83.8 Å². The molecule has 6 nitrogen and oxygen atoms in total. The van der Waals surface area contributed by atoms with Crippen LogP contribution in [0.5, 0.6) is 5.75 Å². The van der Waals surface area contributed by atoms with Gasteiger partial charge in [0.2, 0.25) is 10.0 Å². The molecule has 0 saturated carbocycles. The van der Waals surface area contributed by atoms with Crippen molar-refractivity contribution in [2.45, 2.75) is 37.1 Å². The molecule has 0 bridgehead atoms. The Labute approximate surface area is 208 Å². The van der Waals surface area contributed by atoms with Gasteiger partial charge in [0, 0.05) is 20.1 Å². The number of benzene rings is 3. The molecule has 3 aromatic rings. The Morgan fingerprint density at radius 1 is 0.914 bits per heavy atom. The molecule has 1 aliphatic heterocycles. The Morgan fingerprint density at radius 2 is 1.63 bits per heavy atom. The van der Waals surface area contributed by atoms with Gasteiger partial charge in [0.05, 0.1) is 16.5 Å². The van der Waals surface area contributed by atoms with E-state index < -0.39 is 16.1 Å². The summed E-state index contributed by atoms with van der Waals surface area (Å²) >= 11 is 0. The van der Waals surface area contributed by atoms with E-state index in [0.717, 1.165) is 11.1 Å². The molecule has 0 N–H and O–H groups in total. The zero-order valence-electron chi connectivity index (χ0n) is 20.3. The number of ether oxygens (including phenoxy) is 1. The average molecular weight is 493 g/mol. The van der Waals surface area contributed by atoms with E-state index in [1.807, 2.05) is 55.5 Å². The summed E-state index contributed by atoms with van der Waals surface area (Å²) in [7, 11) is -2.00. The molecule has 184 valence electrons. The molecule has 3 aromatic carbocycles. The number of amides is 1. The summed E-state index contributed by atoms with van der Waals surface area (Å²) in [5, 5.41) is 0. The maximum Gasteiger partial charge on any atom is 0.257 e. The van der Waals surface area contributed by atoms with Crippen molar-refractivity contribution < 1.29 is 17.9 Å². The third-order valence-corrected chi connectivity index (χ3v) is 8.28. The van der Waals surface area contributed by atoms with E-state index in [0.29, 0.717) is 43.7 Å². The summed E-state index contributed by atoms with van der Waals surface area (Å²) < 4.78 is 35.6. The normalized spacial score (nSPS) is 18.2. The molecule has 1 amide bonds. The molecule has 0 saturated heterocycles. The molecular weight excluding hydrogens is 460 g/mol. The molecule has 0 radical (unpaired) electrons. The summed E-state index contributed by atoms with van der Waals surface area (Å²) in [6, 6.07) is 23.6. The van der Waals surface area contributed by atoms with Crippen molar-refractivity contribution in [2.75, 3.05) is 26.7 Å². The molecule has 35 heavy (non-hydrogen) atoms. The first-order chi connectivity index (χ1) is 16.9. The van der Waals surface area contributed by atoms with Crippen molar-refractivity contribution >= 4 is 15.9 Å². The van der Waals surface area contributed by atoms with Gasteiger partial charge < -0.3 is 9.64 Å². The topological polar surface area (TPSA) is 66.9 Å². The van der Waals surface area contributed by atoms with Crippen molar-refractivity contribution in [3.63, 3.8) is 0 Å². The van der Waals surface area contributed by atoms with Crippen LogP contribution in [-0.4, -0.2) is 56.3 Å². The highest BCUT2D eigenvalue weighted by molar-refractivity contribution is 7.89.